The highest BCUT2D eigenvalue weighted by Crippen LogP contribution is 2.50. The number of hydrogen-bond donors (Lipinski definition) is 0. The fraction of sp³-hybridized carbons (Fsp3) is 0.643. The molecular formula is C14H19N3O. The molecule has 1 atom stereocenters. The Labute approximate surface area is 107 Å². The van der Waals surface area contributed by atoms with Crippen molar-refractivity contribution < 1.29 is 4.79 Å². The first-order chi connectivity index (χ1) is 8.61. The lowest BCUT2D eigenvalue weighted by Gasteiger charge is -2.37. The van der Waals surface area contributed by atoms with Crippen LogP contribution in [0.2, 0.25) is 0 Å². The molecule has 4 heteroatoms. The molecule has 1 aliphatic heterocycles. The third-order valence-electron chi connectivity index (χ3n) is 4.58. The molecule has 1 aromatic rings. The predicted octanol–water partition coefficient (Wildman–Crippen LogP) is 2.19. The highest BCUT2D eigenvalue weighted by Gasteiger charge is 2.47. The average molecular weight is 245 g/mol. The van der Waals surface area contributed by atoms with E-state index in [9.17, 15) is 4.79 Å². The van der Waals surface area contributed by atoms with Crippen LogP contribution < -0.4 is 0 Å². The summed E-state index contributed by atoms with van der Waals surface area (Å²) in [7, 11) is 0. The molecule has 1 saturated heterocycles. The van der Waals surface area contributed by atoms with Gasteiger partial charge in [0.25, 0.3) is 5.91 Å². The van der Waals surface area contributed by atoms with E-state index in [0.29, 0.717) is 17.0 Å². The van der Waals surface area contributed by atoms with Crippen molar-refractivity contribution in [1.29, 1.82) is 0 Å². The summed E-state index contributed by atoms with van der Waals surface area (Å²) >= 11 is 0. The first-order valence-electron chi connectivity index (χ1n) is 6.71. The van der Waals surface area contributed by atoms with Crippen molar-refractivity contribution in [3.63, 3.8) is 0 Å². The zero-order valence-corrected chi connectivity index (χ0v) is 11.0. The van der Waals surface area contributed by atoms with Crippen molar-refractivity contribution in [2.24, 2.45) is 5.41 Å². The third kappa shape index (κ3) is 1.71. The molecule has 3 rings (SSSR count). The van der Waals surface area contributed by atoms with Crippen LogP contribution >= 0.6 is 0 Å². The lowest BCUT2D eigenvalue weighted by atomic mass is 9.68. The normalized spacial score (nSPS) is 25.2. The largest absolute Gasteiger partial charge is 0.335 e. The maximum Gasteiger partial charge on any atom is 0.256 e. The molecule has 1 saturated carbocycles. The first-order valence-corrected chi connectivity index (χ1v) is 6.71. The van der Waals surface area contributed by atoms with Gasteiger partial charge in [-0.2, -0.15) is 10.2 Å². The lowest BCUT2D eigenvalue weighted by Crippen LogP contribution is -2.37. The SMILES string of the molecule is Cc1nnccc1C(=O)N1CC2(CCC2)CC1C. The molecule has 2 heterocycles. The molecule has 0 radical (unpaired) electrons. The van der Waals surface area contributed by atoms with Crippen molar-refractivity contribution in [2.45, 2.75) is 45.6 Å². The van der Waals surface area contributed by atoms with Gasteiger partial charge in [0.05, 0.1) is 17.5 Å². The topological polar surface area (TPSA) is 46.1 Å². The van der Waals surface area contributed by atoms with E-state index in [2.05, 4.69) is 17.1 Å². The Balaban J connectivity index is 1.83. The van der Waals surface area contributed by atoms with Crippen molar-refractivity contribution in [1.82, 2.24) is 15.1 Å². The summed E-state index contributed by atoms with van der Waals surface area (Å²) < 4.78 is 0. The number of carbonyl (C=O) groups is 1. The van der Waals surface area contributed by atoms with Gasteiger partial charge in [-0.15, -0.1) is 0 Å². The fourth-order valence-corrected chi connectivity index (χ4v) is 3.41. The summed E-state index contributed by atoms with van der Waals surface area (Å²) in [6.45, 7) is 4.93. The standard InChI is InChI=1S/C14H19N3O/c1-10-8-14(5-3-6-14)9-17(10)13(18)12-4-7-15-16-11(12)2/h4,7,10H,3,5-6,8-9H2,1-2H3. The van der Waals surface area contributed by atoms with Crippen LogP contribution in [-0.4, -0.2) is 33.6 Å². The molecule has 1 aliphatic carbocycles. The molecule has 0 N–H and O–H groups in total. The quantitative estimate of drug-likeness (QED) is 0.762. The smallest absolute Gasteiger partial charge is 0.256 e. The van der Waals surface area contributed by atoms with Crippen molar-refractivity contribution >= 4 is 5.91 Å². The van der Waals surface area contributed by atoms with Gasteiger partial charge in [0, 0.05) is 12.6 Å². The number of aromatic nitrogens is 2. The Morgan fingerprint density at radius 1 is 1.50 bits per heavy atom. The zero-order valence-electron chi connectivity index (χ0n) is 11.0. The summed E-state index contributed by atoms with van der Waals surface area (Å²) in [5, 5.41) is 7.78. The Morgan fingerprint density at radius 3 is 2.83 bits per heavy atom. The third-order valence-corrected chi connectivity index (χ3v) is 4.58. The number of aryl methyl sites for hydroxylation is 1. The fourth-order valence-electron chi connectivity index (χ4n) is 3.41. The van der Waals surface area contributed by atoms with E-state index in [4.69, 9.17) is 0 Å². The number of rotatable bonds is 1. The van der Waals surface area contributed by atoms with Crippen LogP contribution in [0.1, 0.15) is 48.7 Å². The molecule has 2 aliphatic rings. The zero-order chi connectivity index (χ0) is 12.8. The van der Waals surface area contributed by atoms with Crippen LogP contribution in [0.5, 0.6) is 0 Å². The van der Waals surface area contributed by atoms with E-state index in [1.54, 1.807) is 12.3 Å². The van der Waals surface area contributed by atoms with Gasteiger partial charge in [-0.3, -0.25) is 4.79 Å². The van der Waals surface area contributed by atoms with Crippen LogP contribution in [0.4, 0.5) is 0 Å². The molecule has 1 aromatic heterocycles. The molecule has 1 unspecified atom stereocenters. The van der Waals surface area contributed by atoms with Gasteiger partial charge in [0.1, 0.15) is 0 Å². The highest BCUT2D eigenvalue weighted by atomic mass is 16.2. The number of hydrogen-bond acceptors (Lipinski definition) is 3. The van der Waals surface area contributed by atoms with Crippen molar-refractivity contribution in [3.8, 4) is 0 Å². The van der Waals surface area contributed by atoms with E-state index >= 15 is 0 Å². The van der Waals surface area contributed by atoms with E-state index in [1.165, 1.54) is 19.3 Å². The second kappa shape index (κ2) is 4.04. The minimum absolute atomic E-state index is 0.124. The number of nitrogens with zero attached hydrogens (tertiary/aromatic N) is 3. The van der Waals surface area contributed by atoms with E-state index < -0.39 is 0 Å². The van der Waals surface area contributed by atoms with Gasteiger partial charge in [-0.1, -0.05) is 6.42 Å². The monoisotopic (exact) mass is 245 g/mol. The molecule has 96 valence electrons. The summed E-state index contributed by atoms with van der Waals surface area (Å²) in [6, 6.07) is 2.13. The van der Waals surface area contributed by atoms with Gasteiger partial charge in [0.2, 0.25) is 0 Å². The highest BCUT2D eigenvalue weighted by molar-refractivity contribution is 5.95. The molecular weight excluding hydrogens is 226 g/mol. The number of likely N-dealkylation sites (tertiary alicyclic amines) is 1. The average Bonchev–Trinajstić information content (AvgIpc) is 2.67. The maximum atomic E-state index is 12.6. The van der Waals surface area contributed by atoms with Crippen LogP contribution in [0.15, 0.2) is 12.3 Å². The summed E-state index contributed by atoms with van der Waals surface area (Å²) in [5.74, 6) is 0.124. The minimum atomic E-state index is 0.124. The van der Waals surface area contributed by atoms with Crippen molar-refractivity contribution in [2.75, 3.05) is 6.54 Å². The second-order valence-electron chi connectivity index (χ2n) is 5.87. The Kier molecular flexibility index (Phi) is 2.61. The van der Waals surface area contributed by atoms with Crippen LogP contribution in [-0.2, 0) is 0 Å². The number of amides is 1. The van der Waals surface area contributed by atoms with Gasteiger partial charge < -0.3 is 4.90 Å². The molecule has 1 spiro atoms. The summed E-state index contributed by atoms with van der Waals surface area (Å²) in [6.07, 6.45) is 6.66. The van der Waals surface area contributed by atoms with Crippen LogP contribution in [0.3, 0.4) is 0 Å². The first kappa shape index (κ1) is 11.6. The van der Waals surface area contributed by atoms with Gasteiger partial charge in [0.15, 0.2) is 0 Å². The summed E-state index contributed by atoms with van der Waals surface area (Å²) in [5.41, 5.74) is 1.86. The molecule has 0 aromatic carbocycles. The molecule has 18 heavy (non-hydrogen) atoms. The summed E-state index contributed by atoms with van der Waals surface area (Å²) in [4.78, 5) is 14.6. The number of carbonyl (C=O) groups excluding carboxylic acids is 1. The lowest BCUT2D eigenvalue weighted by molar-refractivity contribution is 0.0699. The van der Waals surface area contributed by atoms with Gasteiger partial charge in [-0.05, 0) is 44.6 Å². The second-order valence-corrected chi connectivity index (χ2v) is 5.87. The predicted molar refractivity (Wildman–Crippen MR) is 68.2 cm³/mol. The van der Waals surface area contributed by atoms with E-state index in [-0.39, 0.29) is 5.91 Å². The maximum absolute atomic E-state index is 12.6. The molecule has 4 nitrogen and oxygen atoms in total. The Bertz CT molecular complexity index is 482. The molecule has 0 bridgehead atoms. The van der Waals surface area contributed by atoms with E-state index in [1.807, 2.05) is 11.8 Å². The Hall–Kier alpha value is -1.45. The minimum Gasteiger partial charge on any atom is -0.335 e. The van der Waals surface area contributed by atoms with Crippen LogP contribution in [0.25, 0.3) is 0 Å². The molecule has 2 fully saturated rings. The van der Waals surface area contributed by atoms with Gasteiger partial charge in [-0.25, -0.2) is 0 Å². The molecule has 1 amide bonds. The van der Waals surface area contributed by atoms with E-state index in [0.717, 1.165) is 18.7 Å². The van der Waals surface area contributed by atoms with Gasteiger partial charge >= 0.3 is 0 Å². The van der Waals surface area contributed by atoms with Crippen molar-refractivity contribution in [3.05, 3.63) is 23.5 Å². The van der Waals surface area contributed by atoms with Crippen LogP contribution in [0, 0.1) is 12.3 Å². The Morgan fingerprint density at radius 2 is 2.28 bits per heavy atom.